The van der Waals surface area contributed by atoms with E-state index in [0.29, 0.717) is 0 Å². The highest BCUT2D eigenvalue weighted by Crippen LogP contribution is 2.33. The first-order valence-electron chi connectivity index (χ1n) is 5.00. The third kappa shape index (κ3) is 2.16. The number of rotatable bonds is 2. The molecule has 1 aromatic heterocycles. The molecule has 2 aromatic rings. The SMILES string of the molecule is COC(=O)c1cnc2c(F)c(Cl)ccc2c1N=[N+]=[N-]. The molecule has 0 radical (unpaired) electrons. The number of pyridine rings is 1. The zero-order valence-corrected chi connectivity index (χ0v) is 10.3. The van der Waals surface area contributed by atoms with Crippen LogP contribution in [0, 0.1) is 5.82 Å². The second-order valence-electron chi connectivity index (χ2n) is 3.46. The molecule has 1 heterocycles. The first-order valence-corrected chi connectivity index (χ1v) is 5.38. The number of fused-ring (bicyclic) bond motifs is 1. The van der Waals surface area contributed by atoms with E-state index >= 15 is 0 Å². The maximum absolute atomic E-state index is 13.8. The van der Waals surface area contributed by atoms with Gasteiger partial charge in [0.2, 0.25) is 0 Å². The molecule has 0 unspecified atom stereocenters. The molecule has 0 fully saturated rings. The fourth-order valence-corrected chi connectivity index (χ4v) is 1.76. The molecular weight excluding hydrogens is 275 g/mol. The molecule has 0 aliphatic carbocycles. The van der Waals surface area contributed by atoms with E-state index < -0.39 is 11.8 Å². The summed E-state index contributed by atoms with van der Waals surface area (Å²) >= 11 is 5.64. The van der Waals surface area contributed by atoms with Crippen LogP contribution in [0.5, 0.6) is 0 Å². The Hall–Kier alpha value is -2.37. The van der Waals surface area contributed by atoms with Gasteiger partial charge in [-0.25, -0.2) is 9.18 Å². The van der Waals surface area contributed by atoms with E-state index in [1.54, 1.807) is 0 Å². The Morgan fingerprint density at radius 3 is 2.95 bits per heavy atom. The Kier molecular flexibility index (Phi) is 3.50. The third-order valence-corrected chi connectivity index (χ3v) is 2.74. The quantitative estimate of drug-likeness (QED) is 0.363. The number of aromatic nitrogens is 1. The van der Waals surface area contributed by atoms with Crippen LogP contribution in [0.25, 0.3) is 21.3 Å². The van der Waals surface area contributed by atoms with E-state index in [-0.39, 0.29) is 27.2 Å². The molecule has 0 bridgehead atoms. The summed E-state index contributed by atoms with van der Waals surface area (Å²) in [4.78, 5) is 18.0. The summed E-state index contributed by atoms with van der Waals surface area (Å²) in [5.74, 6) is -1.47. The molecule has 0 aliphatic rings. The van der Waals surface area contributed by atoms with Gasteiger partial charge in [0.05, 0.1) is 23.4 Å². The Balaban J connectivity index is 2.89. The van der Waals surface area contributed by atoms with Crippen LogP contribution in [0.1, 0.15) is 10.4 Å². The maximum atomic E-state index is 13.8. The number of methoxy groups -OCH3 is 1. The molecule has 0 saturated carbocycles. The van der Waals surface area contributed by atoms with Crippen molar-refractivity contribution in [2.75, 3.05) is 7.11 Å². The van der Waals surface area contributed by atoms with Gasteiger partial charge in [-0.3, -0.25) is 4.98 Å². The zero-order valence-electron chi connectivity index (χ0n) is 9.59. The lowest BCUT2D eigenvalue weighted by molar-refractivity contribution is 0.0601. The molecular formula is C11H6ClFN4O2. The molecule has 6 nitrogen and oxygen atoms in total. The highest BCUT2D eigenvalue weighted by Gasteiger charge is 2.17. The van der Waals surface area contributed by atoms with Gasteiger partial charge in [-0.15, -0.1) is 0 Å². The lowest BCUT2D eigenvalue weighted by Gasteiger charge is -2.07. The van der Waals surface area contributed by atoms with Gasteiger partial charge in [-0.05, 0) is 11.6 Å². The van der Waals surface area contributed by atoms with E-state index in [1.807, 2.05) is 0 Å². The first-order chi connectivity index (χ1) is 9.10. The minimum Gasteiger partial charge on any atom is -0.465 e. The maximum Gasteiger partial charge on any atom is 0.339 e. The van der Waals surface area contributed by atoms with Gasteiger partial charge in [0.1, 0.15) is 5.52 Å². The van der Waals surface area contributed by atoms with Gasteiger partial charge in [-0.1, -0.05) is 22.8 Å². The highest BCUT2D eigenvalue weighted by molar-refractivity contribution is 6.31. The monoisotopic (exact) mass is 280 g/mol. The normalized spacial score (nSPS) is 10.1. The average Bonchev–Trinajstić information content (AvgIpc) is 2.42. The number of halogens is 2. The first kappa shape index (κ1) is 13.1. The van der Waals surface area contributed by atoms with Crippen LogP contribution in [-0.2, 0) is 4.74 Å². The standard InChI is InChI=1S/C11H6ClFN4O2/c1-19-11(18)6-4-15-10-5(9(6)16-17-14)2-3-7(12)8(10)13/h2-4H,1H3. The van der Waals surface area contributed by atoms with Crippen molar-refractivity contribution in [3.05, 3.63) is 45.2 Å². The van der Waals surface area contributed by atoms with Crippen LogP contribution < -0.4 is 0 Å². The van der Waals surface area contributed by atoms with Gasteiger partial charge < -0.3 is 4.74 Å². The summed E-state index contributed by atoms with van der Waals surface area (Å²) in [6, 6.07) is 2.71. The Morgan fingerprint density at radius 1 is 1.58 bits per heavy atom. The number of azide groups is 1. The molecule has 0 saturated heterocycles. The van der Waals surface area contributed by atoms with Crippen molar-refractivity contribution in [2.45, 2.75) is 0 Å². The van der Waals surface area contributed by atoms with Gasteiger partial charge in [-0.2, -0.15) is 0 Å². The average molecular weight is 281 g/mol. The van der Waals surface area contributed by atoms with E-state index in [0.717, 1.165) is 6.20 Å². The second kappa shape index (κ2) is 5.09. The number of hydrogen-bond acceptors (Lipinski definition) is 4. The summed E-state index contributed by atoms with van der Waals surface area (Å²) < 4.78 is 18.3. The van der Waals surface area contributed by atoms with Crippen molar-refractivity contribution in [2.24, 2.45) is 5.11 Å². The number of carbonyl (C=O) groups is 1. The Bertz CT molecular complexity index is 728. The predicted molar refractivity (Wildman–Crippen MR) is 66.9 cm³/mol. The molecule has 96 valence electrons. The van der Waals surface area contributed by atoms with Crippen molar-refractivity contribution >= 4 is 34.2 Å². The molecule has 0 amide bonds. The van der Waals surface area contributed by atoms with E-state index in [1.165, 1.54) is 19.2 Å². The van der Waals surface area contributed by atoms with Gasteiger partial charge in [0, 0.05) is 16.5 Å². The van der Waals surface area contributed by atoms with Crippen LogP contribution in [0.15, 0.2) is 23.4 Å². The molecule has 0 N–H and O–H groups in total. The summed E-state index contributed by atoms with van der Waals surface area (Å²) in [6.07, 6.45) is 1.08. The van der Waals surface area contributed by atoms with E-state index in [4.69, 9.17) is 17.1 Å². The second-order valence-corrected chi connectivity index (χ2v) is 3.87. The fourth-order valence-electron chi connectivity index (χ4n) is 1.60. The van der Waals surface area contributed by atoms with Gasteiger partial charge in [0.25, 0.3) is 0 Å². The van der Waals surface area contributed by atoms with Crippen LogP contribution >= 0.6 is 11.6 Å². The Labute approximate surface area is 111 Å². The number of nitrogens with zero attached hydrogens (tertiary/aromatic N) is 4. The summed E-state index contributed by atoms with van der Waals surface area (Å²) in [7, 11) is 1.18. The lowest BCUT2D eigenvalue weighted by Crippen LogP contribution is -2.03. The van der Waals surface area contributed by atoms with Crippen molar-refractivity contribution in [1.82, 2.24) is 4.98 Å². The molecule has 19 heavy (non-hydrogen) atoms. The molecule has 8 heteroatoms. The van der Waals surface area contributed by atoms with Gasteiger partial charge in [0.15, 0.2) is 5.82 Å². The van der Waals surface area contributed by atoms with Crippen molar-refractivity contribution < 1.29 is 13.9 Å². The van der Waals surface area contributed by atoms with Crippen LogP contribution in [0.3, 0.4) is 0 Å². The minimum absolute atomic E-state index is 0.0464. The molecule has 0 atom stereocenters. The third-order valence-electron chi connectivity index (χ3n) is 2.45. The molecule has 2 rings (SSSR count). The fraction of sp³-hybridized carbons (Fsp3) is 0.0909. The molecule has 1 aromatic carbocycles. The smallest absolute Gasteiger partial charge is 0.339 e. The van der Waals surface area contributed by atoms with E-state index in [9.17, 15) is 9.18 Å². The minimum atomic E-state index is -0.745. The zero-order chi connectivity index (χ0) is 14.0. The van der Waals surface area contributed by atoms with Crippen molar-refractivity contribution in [3.63, 3.8) is 0 Å². The summed E-state index contributed by atoms with van der Waals surface area (Å²) in [5, 5.41) is 3.47. The lowest BCUT2D eigenvalue weighted by atomic mass is 10.1. The molecule has 0 aliphatic heterocycles. The summed E-state index contributed by atoms with van der Waals surface area (Å²) in [5.41, 5.74) is 8.37. The highest BCUT2D eigenvalue weighted by atomic mass is 35.5. The van der Waals surface area contributed by atoms with Crippen molar-refractivity contribution in [1.29, 1.82) is 0 Å². The summed E-state index contributed by atoms with van der Waals surface area (Å²) in [6.45, 7) is 0. The van der Waals surface area contributed by atoms with Crippen molar-refractivity contribution in [3.8, 4) is 0 Å². The number of benzene rings is 1. The van der Waals surface area contributed by atoms with Crippen LogP contribution in [0.2, 0.25) is 5.02 Å². The van der Waals surface area contributed by atoms with E-state index in [2.05, 4.69) is 19.7 Å². The van der Waals surface area contributed by atoms with Gasteiger partial charge >= 0.3 is 5.97 Å². The van der Waals surface area contributed by atoms with Crippen LogP contribution in [-0.4, -0.2) is 18.1 Å². The number of ether oxygens (including phenoxy) is 1. The molecule has 0 spiro atoms. The number of esters is 1. The topological polar surface area (TPSA) is 88.0 Å². The predicted octanol–water partition coefficient (Wildman–Crippen LogP) is 3.76. The largest absolute Gasteiger partial charge is 0.465 e. The number of carbonyl (C=O) groups excluding carboxylic acids is 1. The van der Waals surface area contributed by atoms with Crippen LogP contribution in [0.4, 0.5) is 10.1 Å². The Morgan fingerprint density at radius 2 is 2.32 bits per heavy atom. The number of hydrogen-bond donors (Lipinski definition) is 0.